The zero-order valence-corrected chi connectivity index (χ0v) is 11.8. The van der Waals surface area contributed by atoms with Crippen LogP contribution in [0.3, 0.4) is 0 Å². The highest BCUT2D eigenvalue weighted by Crippen LogP contribution is 2.17. The highest BCUT2D eigenvalue weighted by molar-refractivity contribution is 7.99. The van der Waals surface area contributed by atoms with Gasteiger partial charge < -0.3 is 15.8 Å². The van der Waals surface area contributed by atoms with Crippen LogP contribution in [0.5, 0.6) is 0 Å². The first-order valence-corrected chi connectivity index (χ1v) is 7.20. The fourth-order valence-electron chi connectivity index (χ4n) is 1.43. The number of amides is 1. The predicted molar refractivity (Wildman–Crippen MR) is 77.9 cm³/mol. The molecule has 0 aromatic heterocycles. The summed E-state index contributed by atoms with van der Waals surface area (Å²) in [7, 11) is 1.66. The summed E-state index contributed by atoms with van der Waals surface area (Å²) in [5.41, 5.74) is 6.10. The van der Waals surface area contributed by atoms with E-state index < -0.39 is 5.82 Å². The summed E-state index contributed by atoms with van der Waals surface area (Å²) in [6.45, 7) is 0.714. The van der Waals surface area contributed by atoms with Crippen molar-refractivity contribution in [3.8, 4) is 0 Å². The Kier molecular flexibility index (Phi) is 7.28. The van der Waals surface area contributed by atoms with Gasteiger partial charge >= 0.3 is 0 Å². The van der Waals surface area contributed by atoms with Gasteiger partial charge in [0.2, 0.25) is 5.91 Å². The van der Waals surface area contributed by atoms with Crippen molar-refractivity contribution in [2.45, 2.75) is 12.8 Å². The monoisotopic (exact) mass is 286 g/mol. The molecular weight excluding hydrogens is 267 g/mol. The Hall–Kier alpha value is -1.27. The van der Waals surface area contributed by atoms with Gasteiger partial charge in [0, 0.05) is 25.0 Å². The summed E-state index contributed by atoms with van der Waals surface area (Å²) in [5, 5.41) is 2.53. The van der Waals surface area contributed by atoms with E-state index in [-0.39, 0.29) is 11.6 Å². The maximum Gasteiger partial charge on any atom is 0.224 e. The van der Waals surface area contributed by atoms with Gasteiger partial charge in [-0.05, 0) is 30.4 Å². The Labute approximate surface area is 116 Å². The number of carbonyl (C=O) groups is 1. The van der Waals surface area contributed by atoms with Crippen LogP contribution >= 0.6 is 11.8 Å². The lowest BCUT2D eigenvalue weighted by Gasteiger charge is -2.07. The van der Waals surface area contributed by atoms with Gasteiger partial charge in [-0.25, -0.2) is 4.39 Å². The number of benzene rings is 1. The first kappa shape index (κ1) is 15.8. The minimum atomic E-state index is -0.475. The Morgan fingerprint density at radius 2 is 2.26 bits per heavy atom. The first-order chi connectivity index (χ1) is 9.13. The summed E-state index contributed by atoms with van der Waals surface area (Å²) in [6, 6.07) is 4.11. The van der Waals surface area contributed by atoms with Gasteiger partial charge in [0.15, 0.2) is 0 Å². The first-order valence-electron chi connectivity index (χ1n) is 6.05. The van der Waals surface area contributed by atoms with E-state index in [1.165, 1.54) is 18.2 Å². The smallest absolute Gasteiger partial charge is 0.224 e. The zero-order chi connectivity index (χ0) is 14.1. The minimum Gasteiger partial charge on any atom is -0.399 e. The molecule has 0 saturated heterocycles. The van der Waals surface area contributed by atoms with E-state index >= 15 is 0 Å². The highest BCUT2D eigenvalue weighted by atomic mass is 32.2. The number of halogens is 1. The molecule has 0 radical (unpaired) electrons. The van der Waals surface area contributed by atoms with Crippen LogP contribution in [0.2, 0.25) is 0 Å². The van der Waals surface area contributed by atoms with Crippen molar-refractivity contribution in [2.24, 2.45) is 0 Å². The number of rotatable bonds is 8. The summed E-state index contributed by atoms with van der Waals surface area (Å²) >= 11 is 1.73. The maximum atomic E-state index is 13.4. The van der Waals surface area contributed by atoms with Gasteiger partial charge in [-0.3, -0.25) is 4.79 Å². The molecule has 1 amide bonds. The summed E-state index contributed by atoms with van der Waals surface area (Å²) in [4.78, 5) is 11.6. The van der Waals surface area contributed by atoms with Gasteiger partial charge in [-0.15, -0.1) is 0 Å². The second kappa shape index (κ2) is 8.77. The van der Waals surface area contributed by atoms with Crippen molar-refractivity contribution in [3.05, 3.63) is 24.0 Å². The molecule has 0 unspecified atom stereocenters. The Morgan fingerprint density at radius 3 is 3.00 bits per heavy atom. The van der Waals surface area contributed by atoms with E-state index in [2.05, 4.69) is 5.32 Å². The number of carbonyl (C=O) groups excluding carboxylic acids is 1. The average Bonchev–Trinajstić information content (AvgIpc) is 2.38. The third-order valence-electron chi connectivity index (χ3n) is 2.39. The van der Waals surface area contributed by atoms with E-state index in [0.29, 0.717) is 18.7 Å². The zero-order valence-electron chi connectivity index (χ0n) is 10.9. The predicted octanol–water partition coefficient (Wildman–Crippen LogP) is 2.51. The van der Waals surface area contributed by atoms with Crippen molar-refractivity contribution in [3.63, 3.8) is 0 Å². The standard InChI is InChI=1S/C13H19FN2O2S/c1-18-6-8-19-7-2-3-13(17)16-12-9-10(15)4-5-11(12)14/h4-5,9H,2-3,6-8,15H2,1H3,(H,16,17). The number of anilines is 2. The summed E-state index contributed by atoms with van der Waals surface area (Å²) in [6.07, 6.45) is 1.12. The molecule has 4 nitrogen and oxygen atoms in total. The SMILES string of the molecule is COCCSCCCC(=O)Nc1cc(N)ccc1F. The van der Waals surface area contributed by atoms with Crippen LogP contribution in [0.15, 0.2) is 18.2 Å². The van der Waals surface area contributed by atoms with Gasteiger partial charge in [0.25, 0.3) is 0 Å². The topological polar surface area (TPSA) is 64.3 Å². The van der Waals surface area contributed by atoms with Crippen LogP contribution in [0.25, 0.3) is 0 Å². The molecule has 0 atom stereocenters. The molecular formula is C13H19FN2O2S. The number of nitrogens with two attached hydrogens (primary N) is 1. The fourth-order valence-corrected chi connectivity index (χ4v) is 2.27. The molecule has 0 aliphatic carbocycles. The Morgan fingerprint density at radius 1 is 1.47 bits per heavy atom. The minimum absolute atomic E-state index is 0.136. The quantitative estimate of drug-likeness (QED) is 0.569. The number of nitrogen functional groups attached to an aromatic ring is 1. The van der Waals surface area contributed by atoms with Crippen LogP contribution in [-0.4, -0.2) is 31.1 Å². The number of hydrogen-bond acceptors (Lipinski definition) is 4. The van der Waals surface area contributed by atoms with Crippen molar-refractivity contribution in [1.82, 2.24) is 0 Å². The number of nitrogens with one attached hydrogen (secondary N) is 1. The molecule has 6 heteroatoms. The maximum absolute atomic E-state index is 13.4. The molecule has 106 valence electrons. The van der Waals surface area contributed by atoms with E-state index in [1.807, 2.05) is 0 Å². The van der Waals surface area contributed by atoms with Crippen molar-refractivity contribution in [1.29, 1.82) is 0 Å². The molecule has 0 heterocycles. The van der Waals surface area contributed by atoms with Crippen LogP contribution in [-0.2, 0) is 9.53 Å². The average molecular weight is 286 g/mol. The van der Waals surface area contributed by atoms with Gasteiger partial charge in [-0.2, -0.15) is 11.8 Å². The number of thioether (sulfide) groups is 1. The van der Waals surface area contributed by atoms with Crippen molar-refractivity contribution >= 4 is 29.0 Å². The fraction of sp³-hybridized carbons (Fsp3) is 0.462. The van der Waals surface area contributed by atoms with E-state index in [0.717, 1.165) is 17.9 Å². The van der Waals surface area contributed by atoms with Gasteiger partial charge in [0.1, 0.15) is 5.82 Å². The molecule has 0 aliphatic rings. The molecule has 1 aromatic carbocycles. The van der Waals surface area contributed by atoms with Crippen molar-refractivity contribution < 1.29 is 13.9 Å². The molecule has 0 bridgehead atoms. The lowest BCUT2D eigenvalue weighted by molar-refractivity contribution is -0.116. The molecule has 3 N–H and O–H groups in total. The largest absolute Gasteiger partial charge is 0.399 e. The van der Waals surface area contributed by atoms with E-state index in [4.69, 9.17) is 10.5 Å². The molecule has 1 rings (SSSR count). The summed E-state index contributed by atoms with van der Waals surface area (Å²) < 4.78 is 18.3. The van der Waals surface area contributed by atoms with Gasteiger partial charge in [0.05, 0.1) is 12.3 Å². The third-order valence-corrected chi connectivity index (χ3v) is 3.42. The summed E-state index contributed by atoms with van der Waals surface area (Å²) in [5.74, 6) is 1.13. The van der Waals surface area contributed by atoms with Crippen LogP contribution in [0.1, 0.15) is 12.8 Å². The van der Waals surface area contributed by atoms with Crippen LogP contribution in [0, 0.1) is 5.82 Å². The molecule has 0 saturated carbocycles. The molecule has 0 fully saturated rings. The number of methoxy groups -OCH3 is 1. The molecule has 0 aliphatic heterocycles. The molecule has 1 aromatic rings. The second-order valence-corrected chi connectivity index (χ2v) is 5.22. The number of hydrogen-bond donors (Lipinski definition) is 2. The van der Waals surface area contributed by atoms with Gasteiger partial charge in [-0.1, -0.05) is 0 Å². The lowest BCUT2D eigenvalue weighted by Crippen LogP contribution is -2.13. The normalized spacial score (nSPS) is 10.4. The van der Waals surface area contributed by atoms with Crippen LogP contribution in [0.4, 0.5) is 15.8 Å². The number of ether oxygens (including phenoxy) is 1. The van der Waals surface area contributed by atoms with E-state index in [9.17, 15) is 9.18 Å². The Balaban J connectivity index is 2.25. The highest BCUT2D eigenvalue weighted by Gasteiger charge is 2.07. The lowest BCUT2D eigenvalue weighted by atomic mass is 10.2. The third kappa shape index (κ3) is 6.45. The van der Waals surface area contributed by atoms with Crippen molar-refractivity contribution in [2.75, 3.05) is 36.3 Å². The second-order valence-electron chi connectivity index (χ2n) is 4.00. The van der Waals surface area contributed by atoms with Crippen LogP contribution < -0.4 is 11.1 Å². The molecule has 19 heavy (non-hydrogen) atoms. The van der Waals surface area contributed by atoms with E-state index in [1.54, 1.807) is 18.9 Å². The molecule has 0 spiro atoms. The Bertz CT molecular complexity index is 416.